The molecule has 2 N–H and O–H groups in total. The average Bonchev–Trinajstić information content (AvgIpc) is 2.89. The SMILES string of the molecule is COC1CN(C(=O)NC2(C(=O)O)CCOC2)CCC1C. The van der Waals surface area contributed by atoms with E-state index in [1.807, 2.05) is 0 Å². The quantitative estimate of drug-likeness (QED) is 0.779. The summed E-state index contributed by atoms with van der Waals surface area (Å²) >= 11 is 0. The van der Waals surface area contributed by atoms with Gasteiger partial charge >= 0.3 is 12.0 Å². The fourth-order valence-corrected chi connectivity index (χ4v) is 2.69. The number of nitrogens with zero attached hydrogens (tertiary/aromatic N) is 1. The lowest BCUT2D eigenvalue weighted by molar-refractivity contribution is -0.144. The summed E-state index contributed by atoms with van der Waals surface area (Å²) in [5, 5.41) is 11.9. The van der Waals surface area contributed by atoms with Crippen LogP contribution in [0.25, 0.3) is 0 Å². The van der Waals surface area contributed by atoms with Crippen LogP contribution in [0.2, 0.25) is 0 Å². The van der Waals surface area contributed by atoms with E-state index < -0.39 is 11.5 Å². The van der Waals surface area contributed by atoms with Crippen molar-refractivity contribution in [2.75, 3.05) is 33.4 Å². The largest absolute Gasteiger partial charge is 0.479 e. The number of piperidine rings is 1. The zero-order valence-corrected chi connectivity index (χ0v) is 11.9. The summed E-state index contributed by atoms with van der Waals surface area (Å²) < 4.78 is 10.5. The second-order valence-corrected chi connectivity index (χ2v) is 5.61. The van der Waals surface area contributed by atoms with E-state index in [0.29, 0.717) is 32.0 Å². The molecule has 0 radical (unpaired) electrons. The minimum atomic E-state index is -1.29. The normalized spacial score (nSPS) is 34.0. The van der Waals surface area contributed by atoms with Gasteiger partial charge in [-0.05, 0) is 12.3 Å². The van der Waals surface area contributed by atoms with Crippen LogP contribution >= 0.6 is 0 Å². The van der Waals surface area contributed by atoms with Crippen molar-refractivity contribution in [3.05, 3.63) is 0 Å². The van der Waals surface area contributed by atoms with Gasteiger partial charge in [0.05, 0.1) is 12.7 Å². The van der Waals surface area contributed by atoms with Crippen LogP contribution in [0.5, 0.6) is 0 Å². The number of hydrogen-bond acceptors (Lipinski definition) is 4. The Morgan fingerprint density at radius 1 is 1.50 bits per heavy atom. The fourth-order valence-electron chi connectivity index (χ4n) is 2.69. The summed E-state index contributed by atoms with van der Waals surface area (Å²) in [6.45, 7) is 3.56. The molecule has 0 saturated carbocycles. The van der Waals surface area contributed by atoms with Crippen LogP contribution in [0, 0.1) is 5.92 Å². The molecule has 0 aliphatic carbocycles. The molecule has 0 bridgehead atoms. The molecule has 2 saturated heterocycles. The summed E-state index contributed by atoms with van der Waals surface area (Å²) in [5.74, 6) is -0.649. The molecule has 2 heterocycles. The van der Waals surface area contributed by atoms with Gasteiger partial charge in [0.25, 0.3) is 0 Å². The zero-order chi connectivity index (χ0) is 14.8. The monoisotopic (exact) mass is 286 g/mol. The zero-order valence-electron chi connectivity index (χ0n) is 11.9. The van der Waals surface area contributed by atoms with Gasteiger partial charge in [0.1, 0.15) is 0 Å². The first-order valence-corrected chi connectivity index (χ1v) is 6.89. The Morgan fingerprint density at radius 2 is 2.25 bits per heavy atom. The van der Waals surface area contributed by atoms with E-state index in [9.17, 15) is 14.7 Å². The maximum atomic E-state index is 12.3. The first-order chi connectivity index (χ1) is 9.48. The summed E-state index contributed by atoms with van der Waals surface area (Å²) in [6, 6.07) is -0.355. The Hall–Kier alpha value is -1.34. The number of likely N-dealkylation sites (tertiary alicyclic amines) is 1. The molecule has 0 spiro atoms. The van der Waals surface area contributed by atoms with Crippen LogP contribution in [-0.4, -0.2) is 67.1 Å². The van der Waals surface area contributed by atoms with Gasteiger partial charge in [-0.25, -0.2) is 9.59 Å². The van der Waals surface area contributed by atoms with Crippen LogP contribution in [0.1, 0.15) is 19.8 Å². The number of carboxylic acids is 1. The Kier molecular flexibility index (Phi) is 4.49. The lowest BCUT2D eigenvalue weighted by atomic mass is 9.95. The molecule has 3 unspecified atom stereocenters. The Balaban J connectivity index is 1.99. The lowest BCUT2D eigenvalue weighted by Crippen LogP contribution is -2.60. The molecule has 0 aromatic heterocycles. The van der Waals surface area contributed by atoms with Crippen LogP contribution in [0.3, 0.4) is 0 Å². The predicted octanol–water partition coefficient (Wildman–Crippen LogP) is 0.297. The third kappa shape index (κ3) is 2.88. The van der Waals surface area contributed by atoms with Crippen molar-refractivity contribution < 1.29 is 24.2 Å². The van der Waals surface area contributed by atoms with Crippen LogP contribution in [-0.2, 0) is 14.3 Å². The highest BCUT2D eigenvalue weighted by molar-refractivity contribution is 5.86. The van der Waals surface area contributed by atoms with E-state index in [0.717, 1.165) is 6.42 Å². The van der Waals surface area contributed by atoms with Crippen molar-refractivity contribution in [2.24, 2.45) is 5.92 Å². The second-order valence-electron chi connectivity index (χ2n) is 5.61. The summed E-state index contributed by atoms with van der Waals surface area (Å²) in [6.07, 6.45) is 1.14. The number of aliphatic carboxylic acids is 1. The molecule has 0 aromatic rings. The number of amides is 2. The van der Waals surface area contributed by atoms with Crippen LogP contribution in [0.4, 0.5) is 4.79 Å². The molecular formula is C13H22N2O5. The molecule has 3 atom stereocenters. The molecule has 114 valence electrons. The van der Waals surface area contributed by atoms with Crippen LogP contribution < -0.4 is 5.32 Å². The number of methoxy groups -OCH3 is 1. The average molecular weight is 286 g/mol. The highest BCUT2D eigenvalue weighted by Gasteiger charge is 2.45. The van der Waals surface area contributed by atoms with Crippen molar-refractivity contribution in [3.8, 4) is 0 Å². The van der Waals surface area contributed by atoms with E-state index >= 15 is 0 Å². The number of hydrogen-bond donors (Lipinski definition) is 2. The maximum absolute atomic E-state index is 12.3. The number of carbonyl (C=O) groups excluding carboxylic acids is 1. The number of urea groups is 1. The number of nitrogens with one attached hydrogen (secondary N) is 1. The molecule has 2 aliphatic rings. The van der Waals surface area contributed by atoms with Gasteiger partial charge < -0.3 is 24.8 Å². The molecule has 7 nitrogen and oxygen atoms in total. The molecule has 2 amide bonds. The first kappa shape index (κ1) is 15.1. The van der Waals surface area contributed by atoms with Crippen molar-refractivity contribution >= 4 is 12.0 Å². The predicted molar refractivity (Wildman–Crippen MR) is 70.5 cm³/mol. The molecule has 0 aromatic carbocycles. The molecule has 7 heteroatoms. The lowest BCUT2D eigenvalue weighted by Gasteiger charge is -2.37. The van der Waals surface area contributed by atoms with E-state index in [4.69, 9.17) is 9.47 Å². The highest BCUT2D eigenvalue weighted by atomic mass is 16.5. The Morgan fingerprint density at radius 3 is 2.80 bits per heavy atom. The van der Waals surface area contributed by atoms with Gasteiger partial charge in [0.2, 0.25) is 0 Å². The van der Waals surface area contributed by atoms with Gasteiger partial charge in [0.15, 0.2) is 5.54 Å². The summed E-state index contributed by atoms with van der Waals surface area (Å²) in [5.41, 5.74) is -1.29. The molecule has 2 aliphatic heterocycles. The van der Waals surface area contributed by atoms with Gasteiger partial charge in [-0.2, -0.15) is 0 Å². The van der Waals surface area contributed by atoms with E-state index in [2.05, 4.69) is 12.2 Å². The fraction of sp³-hybridized carbons (Fsp3) is 0.846. The standard InChI is InChI=1S/C13H22N2O5/c1-9-3-5-15(7-10(9)19-2)12(18)14-13(11(16)17)4-6-20-8-13/h9-10H,3-8H2,1-2H3,(H,14,18)(H,16,17). The van der Waals surface area contributed by atoms with E-state index in [1.54, 1.807) is 12.0 Å². The van der Waals surface area contributed by atoms with E-state index in [1.165, 1.54) is 0 Å². The van der Waals surface area contributed by atoms with Crippen LogP contribution in [0.15, 0.2) is 0 Å². The third-order valence-corrected chi connectivity index (χ3v) is 4.26. The van der Waals surface area contributed by atoms with E-state index in [-0.39, 0.29) is 18.7 Å². The Labute approximate surface area is 118 Å². The topological polar surface area (TPSA) is 88.1 Å². The third-order valence-electron chi connectivity index (χ3n) is 4.26. The second kappa shape index (κ2) is 5.97. The van der Waals surface area contributed by atoms with Gasteiger partial charge in [-0.3, -0.25) is 0 Å². The minimum Gasteiger partial charge on any atom is -0.479 e. The van der Waals surface area contributed by atoms with Gasteiger partial charge in [0, 0.05) is 33.2 Å². The highest BCUT2D eigenvalue weighted by Crippen LogP contribution is 2.22. The number of carboxylic acid groups (broad SMARTS) is 1. The van der Waals surface area contributed by atoms with Crippen molar-refractivity contribution in [1.82, 2.24) is 10.2 Å². The summed E-state index contributed by atoms with van der Waals surface area (Å²) in [7, 11) is 1.63. The smallest absolute Gasteiger partial charge is 0.332 e. The minimum absolute atomic E-state index is 0.00453. The number of ether oxygens (including phenoxy) is 2. The Bertz CT molecular complexity index is 381. The molecule has 2 rings (SSSR count). The van der Waals surface area contributed by atoms with Gasteiger partial charge in [-0.1, -0.05) is 6.92 Å². The van der Waals surface area contributed by atoms with Crippen molar-refractivity contribution in [1.29, 1.82) is 0 Å². The first-order valence-electron chi connectivity index (χ1n) is 6.89. The van der Waals surface area contributed by atoms with Crippen molar-refractivity contribution in [2.45, 2.75) is 31.4 Å². The number of carbonyl (C=O) groups is 2. The molecule has 20 heavy (non-hydrogen) atoms. The van der Waals surface area contributed by atoms with Gasteiger partial charge in [-0.15, -0.1) is 0 Å². The molecule has 2 fully saturated rings. The summed E-state index contributed by atoms with van der Waals surface area (Å²) in [4.78, 5) is 25.3. The molecular weight excluding hydrogens is 264 g/mol. The van der Waals surface area contributed by atoms with Crippen molar-refractivity contribution in [3.63, 3.8) is 0 Å². The number of rotatable bonds is 3. The maximum Gasteiger partial charge on any atom is 0.332 e.